The minimum Gasteiger partial charge on any atom is -0.496 e. The van der Waals surface area contributed by atoms with Crippen LogP contribution in [0.2, 0.25) is 0 Å². The second-order valence-corrected chi connectivity index (χ2v) is 9.43. The number of nitrogens with two attached hydrogens (primary N) is 1. The molecule has 0 unspecified atom stereocenters. The molecule has 36 heavy (non-hydrogen) atoms. The lowest BCUT2D eigenvalue weighted by Gasteiger charge is -2.33. The Morgan fingerprint density at radius 3 is 2.58 bits per heavy atom. The summed E-state index contributed by atoms with van der Waals surface area (Å²) in [7, 11) is 3.19. The number of rotatable bonds is 7. The van der Waals surface area contributed by atoms with Gasteiger partial charge in [-0.15, -0.1) is 0 Å². The van der Waals surface area contributed by atoms with Crippen molar-refractivity contribution in [3.05, 3.63) is 52.6 Å². The molecule has 1 saturated heterocycles. The summed E-state index contributed by atoms with van der Waals surface area (Å²) >= 11 is 0. The van der Waals surface area contributed by atoms with Crippen LogP contribution in [0, 0.1) is 19.7 Å². The molecule has 1 amide bonds. The molecule has 192 valence electrons. The maximum absolute atomic E-state index is 14.9. The predicted octanol–water partition coefficient (Wildman–Crippen LogP) is 4.50. The number of nitrogen functional groups attached to an aromatic ring is 1. The Morgan fingerprint density at radius 2 is 1.92 bits per heavy atom. The smallest absolute Gasteiger partial charge is 0.248 e. The van der Waals surface area contributed by atoms with E-state index in [1.54, 1.807) is 26.2 Å². The summed E-state index contributed by atoms with van der Waals surface area (Å²) in [6.45, 7) is 6.84. The van der Waals surface area contributed by atoms with Crippen molar-refractivity contribution in [1.29, 1.82) is 0 Å². The molecule has 8 nitrogen and oxygen atoms in total. The van der Waals surface area contributed by atoms with Gasteiger partial charge in [-0.25, -0.2) is 14.4 Å². The molecule has 0 radical (unpaired) electrons. The van der Waals surface area contributed by atoms with E-state index in [9.17, 15) is 9.18 Å². The molecular formula is C27H34FN5O3. The summed E-state index contributed by atoms with van der Waals surface area (Å²) in [4.78, 5) is 23.3. The molecule has 0 bridgehead atoms. The molecule has 1 atom stereocenters. The van der Waals surface area contributed by atoms with Crippen LogP contribution >= 0.6 is 0 Å². The number of fused-ring (bicyclic) bond motifs is 1. The van der Waals surface area contributed by atoms with Crippen LogP contribution in [0.1, 0.15) is 54.2 Å². The van der Waals surface area contributed by atoms with Gasteiger partial charge in [-0.3, -0.25) is 4.79 Å². The van der Waals surface area contributed by atoms with E-state index in [1.807, 2.05) is 24.8 Å². The molecule has 0 spiro atoms. The van der Waals surface area contributed by atoms with Gasteiger partial charge < -0.3 is 25.4 Å². The first-order chi connectivity index (χ1) is 17.2. The van der Waals surface area contributed by atoms with Crippen LogP contribution in [0.4, 0.5) is 15.9 Å². The SMILES string of the molecule is COCC(=O)N1CCC(c2cc3c(N[C@@H](C)c4cc(N)cc(C)c4F)nc(C)nc3cc2OC)CC1. The number of hydrogen-bond acceptors (Lipinski definition) is 7. The number of piperidine rings is 1. The number of methoxy groups -OCH3 is 2. The highest BCUT2D eigenvalue weighted by atomic mass is 19.1. The third kappa shape index (κ3) is 5.21. The quantitative estimate of drug-likeness (QED) is 0.465. The summed E-state index contributed by atoms with van der Waals surface area (Å²) in [5, 5.41) is 4.22. The number of benzene rings is 2. The summed E-state index contributed by atoms with van der Waals surface area (Å²) in [6.07, 6.45) is 1.63. The molecule has 1 aliphatic heterocycles. The topological polar surface area (TPSA) is 103 Å². The number of carbonyl (C=O) groups excluding carboxylic acids is 1. The number of amides is 1. The summed E-state index contributed by atoms with van der Waals surface area (Å²) in [5.74, 6) is 1.93. The van der Waals surface area contributed by atoms with Gasteiger partial charge >= 0.3 is 0 Å². The van der Waals surface area contributed by atoms with Crippen LogP contribution in [0.15, 0.2) is 24.3 Å². The van der Waals surface area contributed by atoms with Crippen LogP contribution < -0.4 is 15.8 Å². The van der Waals surface area contributed by atoms with E-state index in [1.165, 1.54) is 7.11 Å². The van der Waals surface area contributed by atoms with Gasteiger partial charge in [-0.2, -0.15) is 0 Å². The number of halogens is 1. The minimum absolute atomic E-state index is 0.00907. The number of ether oxygens (including phenoxy) is 2. The molecule has 1 aliphatic rings. The summed E-state index contributed by atoms with van der Waals surface area (Å²) in [6, 6.07) is 6.92. The van der Waals surface area contributed by atoms with Crippen LogP contribution in [0.25, 0.3) is 10.9 Å². The van der Waals surface area contributed by atoms with Gasteiger partial charge in [0.25, 0.3) is 0 Å². The minimum atomic E-state index is -0.370. The van der Waals surface area contributed by atoms with Crippen molar-refractivity contribution in [2.45, 2.75) is 45.6 Å². The molecule has 4 rings (SSSR count). The number of hydrogen-bond donors (Lipinski definition) is 2. The maximum Gasteiger partial charge on any atom is 0.248 e. The van der Waals surface area contributed by atoms with Gasteiger partial charge in [-0.05, 0) is 68.9 Å². The van der Waals surface area contributed by atoms with Crippen molar-refractivity contribution in [2.24, 2.45) is 0 Å². The fraction of sp³-hybridized carbons (Fsp3) is 0.444. The highest BCUT2D eigenvalue weighted by Crippen LogP contribution is 2.39. The van der Waals surface area contributed by atoms with E-state index >= 15 is 0 Å². The molecule has 3 aromatic rings. The Labute approximate surface area is 211 Å². The monoisotopic (exact) mass is 495 g/mol. The van der Waals surface area contributed by atoms with Crippen molar-refractivity contribution in [2.75, 3.05) is 45.0 Å². The number of aryl methyl sites for hydroxylation is 2. The number of likely N-dealkylation sites (tertiary alicyclic amines) is 1. The largest absolute Gasteiger partial charge is 0.496 e. The Bertz CT molecular complexity index is 1270. The van der Waals surface area contributed by atoms with Gasteiger partial charge in [-0.1, -0.05) is 0 Å². The Kier molecular flexibility index (Phi) is 7.59. The molecular weight excluding hydrogens is 461 g/mol. The Hall–Kier alpha value is -3.46. The van der Waals surface area contributed by atoms with Gasteiger partial charge in [0.05, 0.1) is 18.7 Å². The first-order valence-corrected chi connectivity index (χ1v) is 12.2. The summed E-state index contributed by atoms with van der Waals surface area (Å²) < 4.78 is 25.6. The van der Waals surface area contributed by atoms with Crippen molar-refractivity contribution in [3.63, 3.8) is 0 Å². The molecule has 1 aromatic heterocycles. The van der Waals surface area contributed by atoms with Crippen molar-refractivity contribution >= 4 is 28.3 Å². The van der Waals surface area contributed by atoms with E-state index < -0.39 is 0 Å². The molecule has 0 saturated carbocycles. The van der Waals surface area contributed by atoms with E-state index in [4.69, 9.17) is 15.2 Å². The molecule has 0 aliphatic carbocycles. The van der Waals surface area contributed by atoms with Crippen molar-refractivity contribution in [3.8, 4) is 5.75 Å². The standard InChI is InChI=1S/C27H34FN5O3/c1-15-10-19(29)11-20(26(15)28)16(2)30-27-22-12-21(24(36-5)13-23(22)31-17(3)32-27)18-6-8-33(9-7-18)25(34)14-35-4/h10-13,16,18H,6-9,14,29H2,1-5H3,(H,30,31,32)/t16-/m0/s1. The predicted molar refractivity (Wildman–Crippen MR) is 139 cm³/mol. The van der Waals surface area contributed by atoms with Crippen LogP contribution in [-0.4, -0.2) is 54.7 Å². The third-order valence-electron chi connectivity index (χ3n) is 6.84. The second kappa shape index (κ2) is 10.7. The van der Waals surface area contributed by atoms with Crippen LogP contribution in [0.5, 0.6) is 5.75 Å². The zero-order chi connectivity index (χ0) is 26.0. The lowest BCUT2D eigenvalue weighted by molar-refractivity contribution is -0.136. The molecule has 2 heterocycles. The molecule has 2 aromatic carbocycles. The first-order valence-electron chi connectivity index (χ1n) is 12.2. The lowest BCUT2D eigenvalue weighted by atomic mass is 9.88. The fourth-order valence-corrected chi connectivity index (χ4v) is 4.97. The second-order valence-electron chi connectivity index (χ2n) is 9.43. The van der Waals surface area contributed by atoms with Gasteiger partial charge in [0, 0.05) is 42.9 Å². The number of anilines is 2. The third-order valence-corrected chi connectivity index (χ3v) is 6.84. The van der Waals surface area contributed by atoms with Gasteiger partial charge in [0.15, 0.2) is 0 Å². The Morgan fingerprint density at radius 1 is 1.19 bits per heavy atom. The zero-order valence-electron chi connectivity index (χ0n) is 21.5. The van der Waals surface area contributed by atoms with Gasteiger partial charge in [0.1, 0.15) is 29.8 Å². The van der Waals surface area contributed by atoms with Crippen molar-refractivity contribution in [1.82, 2.24) is 14.9 Å². The maximum atomic E-state index is 14.9. The molecule has 3 N–H and O–H groups in total. The summed E-state index contributed by atoms with van der Waals surface area (Å²) in [5.41, 5.74) is 9.29. The lowest BCUT2D eigenvalue weighted by Crippen LogP contribution is -2.39. The number of carbonyl (C=O) groups is 1. The molecule has 1 fully saturated rings. The highest BCUT2D eigenvalue weighted by Gasteiger charge is 2.27. The average molecular weight is 496 g/mol. The zero-order valence-corrected chi connectivity index (χ0v) is 21.5. The van der Waals surface area contributed by atoms with Crippen LogP contribution in [0.3, 0.4) is 0 Å². The van der Waals surface area contributed by atoms with E-state index in [-0.39, 0.29) is 30.3 Å². The van der Waals surface area contributed by atoms with Gasteiger partial charge in [0.2, 0.25) is 5.91 Å². The fourth-order valence-electron chi connectivity index (χ4n) is 4.97. The normalized spacial score (nSPS) is 15.2. The van der Waals surface area contributed by atoms with E-state index in [2.05, 4.69) is 21.4 Å². The number of nitrogens with zero attached hydrogens (tertiary/aromatic N) is 3. The van der Waals surface area contributed by atoms with E-state index in [0.29, 0.717) is 41.5 Å². The average Bonchev–Trinajstić information content (AvgIpc) is 2.85. The van der Waals surface area contributed by atoms with Crippen molar-refractivity contribution < 1.29 is 18.7 Å². The number of nitrogens with one attached hydrogen (secondary N) is 1. The van der Waals surface area contributed by atoms with E-state index in [0.717, 1.165) is 35.1 Å². The highest BCUT2D eigenvalue weighted by molar-refractivity contribution is 5.91. The first kappa shape index (κ1) is 25.6. The van der Waals surface area contributed by atoms with Crippen LogP contribution in [-0.2, 0) is 9.53 Å². The number of aromatic nitrogens is 2. The Balaban J connectivity index is 1.68. The molecule has 9 heteroatoms.